The number of para-hydroxylation sites is 1. The summed E-state index contributed by atoms with van der Waals surface area (Å²) in [6.45, 7) is 2.26. The monoisotopic (exact) mass is 356 g/mol. The van der Waals surface area contributed by atoms with Gasteiger partial charge in [-0.1, -0.05) is 29.8 Å². The molecule has 6 nitrogen and oxygen atoms in total. The molecule has 2 heterocycles. The zero-order valence-corrected chi connectivity index (χ0v) is 14.0. The van der Waals surface area contributed by atoms with Gasteiger partial charge in [-0.2, -0.15) is 0 Å². The predicted molar refractivity (Wildman–Crippen MR) is 94.4 cm³/mol. The highest BCUT2D eigenvalue weighted by molar-refractivity contribution is 6.35. The van der Waals surface area contributed by atoms with Crippen LogP contribution >= 0.6 is 11.6 Å². The maximum Gasteiger partial charge on any atom is 0.294 e. The third-order valence-electron chi connectivity index (χ3n) is 4.53. The molecule has 2 aromatic carbocycles. The van der Waals surface area contributed by atoms with Crippen LogP contribution in [0.25, 0.3) is 11.0 Å². The largest absolute Gasteiger partial charge is 0.449 e. The van der Waals surface area contributed by atoms with E-state index in [2.05, 4.69) is 0 Å². The van der Waals surface area contributed by atoms with Crippen molar-refractivity contribution in [1.82, 2.24) is 0 Å². The SMILES string of the molecule is Cc1c(C(=O)N2CCc3ccc([N+](=O)[O-])cc32)oc2c(Cl)cccc12. The normalized spacial score (nSPS) is 13.3. The van der Waals surface area contributed by atoms with Crippen molar-refractivity contribution in [2.75, 3.05) is 11.4 Å². The molecule has 126 valence electrons. The zero-order chi connectivity index (χ0) is 17.7. The summed E-state index contributed by atoms with van der Waals surface area (Å²) in [4.78, 5) is 25.1. The van der Waals surface area contributed by atoms with Crippen molar-refractivity contribution in [1.29, 1.82) is 0 Å². The van der Waals surface area contributed by atoms with Gasteiger partial charge >= 0.3 is 0 Å². The Balaban J connectivity index is 1.79. The zero-order valence-electron chi connectivity index (χ0n) is 13.3. The summed E-state index contributed by atoms with van der Waals surface area (Å²) in [6.07, 6.45) is 0.652. The molecule has 0 fully saturated rings. The van der Waals surface area contributed by atoms with Crippen LogP contribution < -0.4 is 4.90 Å². The minimum Gasteiger partial charge on any atom is -0.449 e. The van der Waals surface area contributed by atoms with Gasteiger partial charge in [0.05, 0.1) is 15.6 Å². The fraction of sp³-hybridized carbons (Fsp3) is 0.167. The third kappa shape index (κ3) is 2.37. The van der Waals surface area contributed by atoms with Gasteiger partial charge in [-0.05, 0) is 25.0 Å². The average Bonchev–Trinajstić information content (AvgIpc) is 3.16. The van der Waals surface area contributed by atoms with Crippen molar-refractivity contribution in [2.24, 2.45) is 0 Å². The number of halogens is 1. The molecule has 7 heteroatoms. The molecule has 0 atom stereocenters. The smallest absolute Gasteiger partial charge is 0.294 e. The Labute approximate surface area is 147 Å². The number of carbonyl (C=O) groups excluding carboxylic acids is 1. The number of aryl methyl sites for hydroxylation is 1. The molecular weight excluding hydrogens is 344 g/mol. The summed E-state index contributed by atoms with van der Waals surface area (Å²) in [5, 5.41) is 12.3. The molecule has 1 amide bonds. The number of amides is 1. The van der Waals surface area contributed by atoms with E-state index in [9.17, 15) is 14.9 Å². The molecule has 1 aliphatic rings. The minimum absolute atomic E-state index is 0.0391. The van der Waals surface area contributed by atoms with Gasteiger partial charge in [0, 0.05) is 29.6 Å². The predicted octanol–water partition coefficient (Wildman–Crippen LogP) is 4.51. The summed E-state index contributed by atoms with van der Waals surface area (Å²) < 4.78 is 5.74. The highest BCUT2D eigenvalue weighted by Crippen LogP contribution is 2.36. The van der Waals surface area contributed by atoms with E-state index in [1.54, 1.807) is 25.1 Å². The fourth-order valence-corrected chi connectivity index (χ4v) is 3.44. The van der Waals surface area contributed by atoms with E-state index in [0.29, 0.717) is 34.8 Å². The van der Waals surface area contributed by atoms with Gasteiger partial charge in [-0.3, -0.25) is 14.9 Å². The molecule has 0 spiro atoms. The van der Waals surface area contributed by atoms with Crippen LogP contribution in [-0.4, -0.2) is 17.4 Å². The molecule has 1 aromatic heterocycles. The van der Waals surface area contributed by atoms with Crippen molar-refractivity contribution >= 4 is 39.9 Å². The minimum atomic E-state index is -0.465. The highest BCUT2D eigenvalue weighted by atomic mass is 35.5. The summed E-state index contributed by atoms with van der Waals surface area (Å²) in [5.74, 6) is -0.105. The number of non-ortho nitro benzene ring substituents is 1. The van der Waals surface area contributed by atoms with Gasteiger partial charge in [0.25, 0.3) is 11.6 Å². The number of furan rings is 1. The number of anilines is 1. The molecule has 0 N–H and O–H groups in total. The van der Waals surface area contributed by atoms with Crippen LogP contribution in [0.2, 0.25) is 5.02 Å². The van der Waals surface area contributed by atoms with Gasteiger partial charge < -0.3 is 9.32 Å². The number of hydrogen-bond acceptors (Lipinski definition) is 4. The lowest BCUT2D eigenvalue weighted by molar-refractivity contribution is -0.384. The standard InChI is InChI=1S/C18H13ClN2O4/c1-10-13-3-2-4-14(19)17(13)25-16(10)18(22)20-8-7-11-5-6-12(21(23)24)9-15(11)20/h2-6,9H,7-8H2,1H3. The van der Waals surface area contributed by atoms with Crippen molar-refractivity contribution in [3.05, 3.63) is 68.4 Å². The van der Waals surface area contributed by atoms with Crippen LogP contribution in [-0.2, 0) is 6.42 Å². The number of nitro groups is 1. The second-order valence-electron chi connectivity index (χ2n) is 5.95. The molecule has 1 aliphatic heterocycles. The summed E-state index contributed by atoms with van der Waals surface area (Å²) in [6, 6.07) is 9.94. The highest BCUT2D eigenvalue weighted by Gasteiger charge is 2.31. The summed E-state index contributed by atoms with van der Waals surface area (Å²) >= 11 is 6.15. The number of fused-ring (bicyclic) bond motifs is 2. The first-order valence-electron chi connectivity index (χ1n) is 7.74. The Bertz CT molecular complexity index is 1040. The molecule has 25 heavy (non-hydrogen) atoms. The fourth-order valence-electron chi connectivity index (χ4n) is 3.23. The van der Waals surface area contributed by atoms with Crippen molar-refractivity contribution < 1.29 is 14.1 Å². The molecule has 0 radical (unpaired) electrons. The summed E-state index contributed by atoms with van der Waals surface area (Å²) in [7, 11) is 0. The van der Waals surface area contributed by atoms with E-state index in [1.807, 2.05) is 6.07 Å². The number of benzene rings is 2. The van der Waals surface area contributed by atoms with Crippen LogP contribution in [0.15, 0.2) is 40.8 Å². The number of nitro benzene ring substituents is 1. The molecular formula is C18H13ClN2O4. The lowest BCUT2D eigenvalue weighted by Gasteiger charge is -2.16. The van der Waals surface area contributed by atoms with Crippen LogP contribution in [0.1, 0.15) is 21.7 Å². The lowest BCUT2D eigenvalue weighted by atomic mass is 10.1. The van der Waals surface area contributed by atoms with Gasteiger partial charge in [-0.25, -0.2) is 0 Å². The quantitative estimate of drug-likeness (QED) is 0.500. The van der Waals surface area contributed by atoms with Crippen molar-refractivity contribution in [2.45, 2.75) is 13.3 Å². The lowest BCUT2D eigenvalue weighted by Crippen LogP contribution is -2.29. The maximum absolute atomic E-state index is 13.0. The number of hydrogen-bond donors (Lipinski definition) is 0. The van der Waals surface area contributed by atoms with E-state index in [0.717, 1.165) is 10.9 Å². The number of nitrogens with zero attached hydrogens (tertiary/aromatic N) is 2. The Hall–Kier alpha value is -2.86. The van der Waals surface area contributed by atoms with Crippen LogP contribution in [0.3, 0.4) is 0 Å². The Morgan fingerprint density at radius 2 is 2.12 bits per heavy atom. The molecule has 0 saturated carbocycles. The van der Waals surface area contributed by atoms with Crippen molar-refractivity contribution in [3.63, 3.8) is 0 Å². The topological polar surface area (TPSA) is 76.6 Å². The van der Waals surface area contributed by atoms with Crippen LogP contribution in [0.5, 0.6) is 0 Å². The number of rotatable bonds is 2. The van der Waals surface area contributed by atoms with Gasteiger partial charge in [0.15, 0.2) is 11.3 Å². The second kappa shape index (κ2) is 5.60. The van der Waals surface area contributed by atoms with Crippen LogP contribution in [0.4, 0.5) is 11.4 Å². The van der Waals surface area contributed by atoms with Crippen LogP contribution in [0, 0.1) is 17.0 Å². The van der Waals surface area contributed by atoms with E-state index >= 15 is 0 Å². The maximum atomic E-state index is 13.0. The third-order valence-corrected chi connectivity index (χ3v) is 4.83. The first-order valence-corrected chi connectivity index (χ1v) is 8.12. The average molecular weight is 357 g/mol. The van der Waals surface area contributed by atoms with Gasteiger partial charge in [0.1, 0.15) is 0 Å². The van der Waals surface area contributed by atoms with Crippen molar-refractivity contribution in [3.8, 4) is 0 Å². The van der Waals surface area contributed by atoms with E-state index in [1.165, 1.54) is 17.0 Å². The first-order chi connectivity index (χ1) is 12.0. The Kier molecular flexibility index (Phi) is 3.51. The molecule has 3 aromatic rings. The molecule has 0 unspecified atom stereocenters. The second-order valence-corrected chi connectivity index (χ2v) is 6.36. The van der Waals surface area contributed by atoms with Gasteiger partial charge in [0.2, 0.25) is 0 Å². The summed E-state index contributed by atoms with van der Waals surface area (Å²) in [5.41, 5.74) is 2.61. The molecule has 4 rings (SSSR count). The Morgan fingerprint density at radius 3 is 2.84 bits per heavy atom. The van der Waals surface area contributed by atoms with E-state index in [4.69, 9.17) is 16.0 Å². The molecule has 0 saturated heterocycles. The first kappa shape index (κ1) is 15.7. The molecule has 0 aliphatic carbocycles. The number of carbonyl (C=O) groups is 1. The Morgan fingerprint density at radius 1 is 1.32 bits per heavy atom. The van der Waals surface area contributed by atoms with E-state index < -0.39 is 4.92 Å². The molecule has 0 bridgehead atoms. The van der Waals surface area contributed by atoms with Gasteiger partial charge in [-0.15, -0.1) is 0 Å². The van der Waals surface area contributed by atoms with E-state index in [-0.39, 0.29) is 17.4 Å².